The average molecular weight is 454 g/mol. The molecular formula is C23H23N3O5S. The molecule has 2 amide bonds. The van der Waals surface area contributed by atoms with Crippen molar-refractivity contribution in [2.24, 2.45) is 0 Å². The van der Waals surface area contributed by atoms with Gasteiger partial charge in [0, 0.05) is 30.9 Å². The fourth-order valence-electron chi connectivity index (χ4n) is 2.91. The number of hydrogen-bond donors (Lipinski definition) is 2. The maximum atomic E-state index is 12.7. The monoisotopic (exact) mass is 453 g/mol. The maximum Gasteiger partial charge on any atom is 0.262 e. The first-order valence-corrected chi connectivity index (χ1v) is 11.1. The molecule has 8 nitrogen and oxygen atoms in total. The number of para-hydroxylation sites is 2. The number of nitrogens with zero attached hydrogens (tertiary/aromatic N) is 1. The lowest BCUT2D eigenvalue weighted by atomic mass is 10.1. The summed E-state index contributed by atoms with van der Waals surface area (Å²) in [6, 6.07) is 18.8. The normalized spacial score (nSPS) is 10.8. The second-order valence-electron chi connectivity index (χ2n) is 7.06. The van der Waals surface area contributed by atoms with E-state index in [0.29, 0.717) is 22.7 Å². The Hall–Kier alpha value is -3.85. The van der Waals surface area contributed by atoms with Gasteiger partial charge in [-0.25, -0.2) is 8.42 Å². The molecule has 0 aromatic heterocycles. The first kappa shape index (κ1) is 22.8. The third-order valence-electron chi connectivity index (χ3n) is 4.55. The highest BCUT2D eigenvalue weighted by Gasteiger charge is 2.17. The maximum absolute atomic E-state index is 12.7. The molecule has 0 aliphatic rings. The highest BCUT2D eigenvalue weighted by Crippen LogP contribution is 2.26. The molecule has 0 atom stereocenters. The van der Waals surface area contributed by atoms with Gasteiger partial charge < -0.3 is 15.0 Å². The van der Waals surface area contributed by atoms with Crippen molar-refractivity contribution < 1.29 is 22.7 Å². The molecule has 0 aliphatic carbocycles. The zero-order chi connectivity index (χ0) is 23.3. The molecule has 0 fully saturated rings. The molecule has 9 heteroatoms. The molecule has 0 unspecified atom stereocenters. The summed E-state index contributed by atoms with van der Waals surface area (Å²) in [4.78, 5) is 26.1. The van der Waals surface area contributed by atoms with Crippen LogP contribution in [0.2, 0.25) is 0 Å². The van der Waals surface area contributed by atoms with Gasteiger partial charge in [0.25, 0.3) is 21.8 Å². The summed E-state index contributed by atoms with van der Waals surface area (Å²) in [6.07, 6.45) is 0. The van der Waals surface area contributed by atoms with Crippen LogP contribution in [0.1, 0.15) is 20.7 Å². The van der Waals surface area contributed by atoms with Crippen LogP contribution in [0.3, 0.4) is 0 Å². The van der Waals surface area contributed by atoms with E-state index in [-0.39, 0.29) is 16.4 Å². The highest BCUT2D eigenvalue weighted by molar-refractivity contribution is 7.92. The van der Waals surface area contributed by atoms with Crippen molar-refractivity contribution in [3.63, 3.8) is 0 Å². The van der Waals surface area contributed by atoms with Gasteiger partial charge in [-0.2, -0.15) is 0 Å². The Labute approximate surface area is 186 Å². The van der Waals surface area contributed by atoms with E-state index in [1.807, 2.05) is 0 Å². The summed E-state index contributed by atoms with van der Waals surface area (Å²) in [7, 11) is 0.866. The number of sulfonamides is 1. The minimum atomic E-state index is -3.87. The van der Waals surface area contributed by atoms with Crippen molar-refractivity contribution in [2.75, 3.05) is 31.2 Å². The molecule has 0 saturated carbocycles. The Morgan fingerprint density at radius 3 is 2.22 bits per heavy atom. The number of hydrogen-bond acceptors (Lipinski definition) is 5. The standard InChI is InChI=1S/C23H23N3O5S/c1-26(2)23(28)17-7-6-8-18(15-17)24-22(27)16-11-13-19(14-12-16)32(29,30)25-20-9-4-5-10-21(20)31-3/h4-15,25H,1-3H3,(H,24,27). The van der Waals surface area contributed by atoms with Crippen LogP contribution >= 0.6 is 0 Å². The number of rotatable bonds is 7. The third-order valence-corrected chi connectivity index (χ3v) is 5.93. The van der Waals surface area contributed by atoms with E-state index in [2.05, 4.69) is 10.0 Å². The molecule has 0 saturated heterocycles. The first-order chi connectivity index (χ1) is 15.2. The lowest BCUT2D eigenvalue weighted by Gasteiger charge is -2.13. The predicted molar refractivity (Wildman–Crippen MR) is 123 cm³/mol. The van der Waals surface area contributed by atoms with E-state index in [4.69, 9.17) is 4.74 Å². The van der Waals surface area contributed by atoms with Gasteiger partial charge in [-0.3, -0.25) is 14.3 Å². The lowest BCUT2D eigenvalue weighted by Crippen LogP contribution is -2.22. The quantitative estimate of drug-likeness (QED) is 0.570. The fraction of sp³-hybridized carbons (Fsp3) is 0.130. The molecule has 3 aromatic rings. The number of amides is 2. The fourth-order valence-corrected chi connectivity index (χ4v) is 3.98. The third kappa shape index (κ3) is 5.25. The molecule has 0 radical (unpaired) electrons. The topological polar surface area (TPSA) is 105 Å². The van der Waals surface area contributed by atoms with Gasteiger partial charge in [-0.15, -0.1) is 0 Å². The van der Waals surface area contributed by atoms with Gasteiger partial charge in [0.1, 0.15) is 5.75 Å². The summed E-state index contributed by atoms with van der Waals surface area (Å²) in [5.41, 5.74) is 1.48. The summed E-state index contributed by atoms with van der Waals surface area (Å²) < 4.78 is 33.0. The van der Waals surface area contributed by atoms with Crippen molar-refractivity contribution in [1.82, 2.24) is 4.90 Å². The van der Waals surface area contributed by atoms with Crippen molar-refractivity contribution in [2.45, 2.75) is 4.90 Å². The van der Waals surface area contributed by atoms with Crippen LogP contribution in [0.15, 0.2) is 77.7 Å². The number of carbonyl (C=O) groups is 2. The second kappa shape index (κ2) is 9.52. The van der Waals surface area contributed by atoms with Gasteiger partial charge in [0.05, 0.1) is 17.7 Å². The van der Waals surface area contributed by atoms with E-state index in [9.17, 15) is 18.0 Å². The van der Waals surface area contributed by atoms with Crippen molar-refractivity contribution in [3.05, 3.63) is 83.9 Å². The molecule has 0 heterocycles. The number of nitrogens with one attached hydrogen (secondary N) is 2. The summed E-state index contributed by atoms with van der Waals surface area (Å²) in [6.45, 7) is 0. The summed E-state index contributed by atoms with van der Waals surface area (Å²) in [5.74, 6) is -0.221. The van der Waals surface area contributed by atoms with Crippen molar-refractivity contribution in [1.29, 1.82) is 0 Å². The van der Waals surface area contributed by atoms with E-state index < -0.39 is 15.9 Å². The van der Waals surface area contributed by atoms with Crippen molar-refractivity contribution in [3.8, 4) is 5.75 Å². The van der Waals surface area contributed by atoms with Gasteiger partial charge >= 0.3 is 0 Å². The first-order valence-electron chi connectivity index (χ1n) is 9.60. The predicted octanol–water partition coefficient (Wildman–Crippen LogP) is 3.45. The van der Waals surface area contributed by atoms with Gasteiger partial charge in [-0.05, 0) is 54.6 Å². The van der Waals surface area contributed by atoms with Crippen LogP contribution in [-0.4, -0.2) is 46.3 Å². The number of carbonyl (C=O) groups excluding carboxylic acids is 2. The van der Waals surface area contributed by atoms with E-state index in [0.717, 1.165) is 0 Å². The Bertz CT molecular complexity index is 1240. The molecule has 0 bridgehead atoms. The minimum absolute atomic E-state index is 0.00136. The average Bonchev–Trinajstić information content (AvgIpc) is 2.79. The van der Waals surface area contributed by atoms with Gasteiger partial charge in [0.15, 0.2) is 0 Å². The molecule has 2 N–H and O–H groups in total. The molecule has 32 heavy (non-hydrogen) atoms. The Morgan fingerprint density at radius 1 is 0.875 bits per heavy atom. The number of benzene rings is 3. The number of methoxy groups -OCH3 is 1. The molecule has 0 aliphatic heterocycles. The van der Waals surface area contributed by atoms with E-state index >= 15 is 0 Å². The number of anilines is 2. The van der Waals surface area contributed by atoms with Crippen LogP contribution < -0.4 is 14.8 Å². The van der Waals surface area contributed by atoms with Gasteiger partial charge in [-0.1, -0.05) is 18.2 Å². The molecule has 3 aromatic carbocycles. The molecule has 3 rings (SSSR count). The Morgan fingerprint density at radius 2 is 1.56 bits per heavy atom. The SMILES string of the molecule is COc1ccccc1NS(=O)(=O)c1ccc(C(=O)Nc2cccc(C(=O)N(C)C)c2)cc1. The van der Waals surface area contributed by atoms with E-state index in [1.165, 1.54) is 36.3 Å². The van der Waals surface area contributed by atoms with Crippen LogP contribution in [0.25, 0.3) is 0 Å². The Balaban J connectivity index is 1.74. The molecule has 0 spiro atoms. The Kier molecular flexibility index (Phi) is 6.79. The van der Waals surface area contributed by atoms with Crippen molar-refractivity contribution >= 4 is 33.2 Å². The van der Waals surface area contributed by atoms with Crippen LogP contribution in [0, 0.1) is 0 Å². The zero-order valence-electron chi connectivity index (χ0n) is 17.8. The van der Waals surface area contributed by atoms with Crippen LogP contribution in [0.4, 0.5) is 11.4 Å². The van der Waals surface area contributed by atoms with Crippen LogP contribution in [-0.2, 0) is 10.0 Å². The number of ether oxygens (including phenoxy) is 1. The largest absolute Gasteiger partial charge is 0.495 e. The summed E-state index contributed by atoms with van der Waals surface area (Å²) >= 11 is 0. The highest BCUT2D eigenvalue weighted by atomic mass is 32.2. The minimum Gasteiger partial charge on any atom is -0.495 e. The molecular weight excluding hydrogens is 430 g/mol. The second-order valence-corrected chi connectivity index (χ2v) is 8.75. The van der Waals surface area contributed by atoms with Gasteiger partial charge in [0.2, 0.25) is 0 Å². The smallest absolute Gasteiger partial charge is 0.262 e. The lowest BCUT2D eigenvalue weighted by molar-refractivity contribution is 0.0827. The van der Waals surface area contributed by atoms with E-state index in [1.54, 1.807) is 62.6 Å². The zero-order valence-corrected chi connectivity index (χ0v) is 18.6. The van der Waals surface area contributed by atoms with Crippen LogP contribution in [0.5, 0.6) is 5.75 Å². The molecule has 166 valence electrons. The summed E-state index contributed by atoms with van der Waals surface area (Å²) in [5, 5.41) is 2.71.